The lowest BCUT2D eigenvalue weighted by atomic mass is 10.0. The topological polar surface area (TPSA) is 91.0 Å². The lowest BCUT2D eigenvalue weighted by Crippen LogP contribution is -2.20. The lowest BCUT2D eigenvalue weighted by Gasteiger charge is -2.15. The van der Waals surface area contributed by atoms with E-state index >= 15 is 0 Å². The monoisotopic (exact) mass is 484 g/mol. The fraction of sp³-hybridized carbons (Fsp3) is 0.148. The van der Waals surface area contributed by atoms with E-state index in [1.165, 1.54) is 5.56 Å². The van der Waals surface area contributed by atoms with E-state index in [0.717, 1.165) is 53.1 Å². The van der Waals surface area contributed by atoms with E-state index in [4.69, 9.17) is 11.6 Å². The van der Waals surface area contributed by atoms with Gasteiger partial charge in [0.15, 0.2) is 5.82 Å². The molecule has 2 amide bonds. The number of amides is 2. The van der Waals surface area contributed by atoms with Gasteiger partial charge >= 0.3 is 6.03 Å². The van der Waals surface area contributed by atoms with E-state index in [1.807, 2.05) is 54.6 Å². The zero-order chi connectivity index (χ0) is 24.2. The molecule has 35 heavy (non-hydrogen) atoms. The maximum absolute atomic E-state index is 12.8. The van der Waals surface area contributed by atoms with Gasteiger partial charge in [-0.05, 0) is 78.4 Å². The molecule has 3 aromatic carbocycles. The molecule has 0 unspecified atom stereocenters. The smallest absolute Gasteiger partial charge is 0.323 e. The molecule has 8 heteroatoms. The van der Waals surface area contributed by atoms with Crippen LogP contribution in [0.3, 0.4) is 0 Å². The third-order valence-corrected chi connectivity index (χ3v) is 6.10. The first-order valence-corrected chi connectivity index (χ1v) is 11.9. The Kier molecular flexibility index (Phi) is 6.50. The van der Waals surface area contributed by atoms with Crippen molar-refractivity contribution < 1.29 is 4.79 Å². The number of urea groups is 1. The number of hydrogen-bond acceptors (Lipinski definition) is 5. The van der Waals surface area contributed by atoms with Crippen LogP contribution in [0.15, 0.2) is 72.9 Å². The molecule has 1 aromatic heterocycles. The summed E-state index contributed by atoms with van der Waals surface area (Å²) in [5.74, 6) is 0.954. The number of aromatic nitrogens is 2. The van der Waals surface area contributed by atoms with Crippen LogP contribution in [0.5, 0.6) is 0 Å². The zero-order valence-electron chi connectivity index (χ0n) is 19.2. The van der Waals surface area contributed by atoms with Crippen LogP contribution in [0.4, 0.5) is 39.3 Å². The van der Waals surface area contributed by atoms with Crippen molar-refractivity contribution in [1.29, 1.82) is 0 Å². The van der Waals surface area contributed by atoms with Gasteiger partial charge < -0.3 is 21.3 Å². The van der Waals surface area contributed by atoms with Crippen LogP contribution < -0.4 is 21.3 Å². The Morgan fingerprint density at radius 3 is 2.71 bits per heavy atom. The summed E-state index contributed by atoms with van der Waals surface area (Å²) < 4.78 is 0. The van der Waals surface area contributed by atoms with E-state index < -0.39 is 0 Å². The SMILES string of the molecule is CCc1cccc(NC(=O)Nc2ccc3cc2CCc2cccc(c2)Nc2ncc(Cl)c(n2)N3)c1. The molecule has 4 N–H and O–H groups in total. The highest BCUT2D eigenvalue weighted by molar-refractivity contribution is 6.32. The van der Waals surface area contributed by atoms with Crippen molar-refractivity contribution in [3.05, 3.63) is 94.6 Å². The first-order valence-electron chi connectivity index (χ1n) is 11.5. The summed E-state index contributed by atoms with van der Waals surface area (Å²) in [5, 5.41) is 12.9. The number of rotatable bonds is 3. The number of hydrogen-bond donors (Lipinski definition) is 4. The summed E-state index contributed by atoms with van der Waals surface area (Å²) in [6, 6.07) is 21.5. The van der Waals surface area contributed by atoms with Gasteiger partial charge in [0.2, 0.25) is 5.95 Å². The molecule has 1 aliphatic heterocycles. The van der Waals surface area contributed by atoms with Crippen molar-refractivity contribution in [3.8, 4) is 0 Å². The first kappa shape index (κ1) is 22.7. The number of carbonyl (C=O) groups excluding carboxylic acids is 1. The van der Waals surface area contributed by atoms with Gasteiger partial charge in [-0.3, -0.25) is 0 Å². The third kappa shape index (κ3) is 5.53. The third-order valence-electron chi connectivity index (χ3n) is 5.82. The molecule has 0 radical (unpaired) electrons. The van der Waals surface area contributed by atoms with Gasteiger partial charge in [0.1, 0.15) is 5.02 Å². The number of halogens is 1. The Hall–Kier alpha value is -4.10. The molecule has 2 heterocycles. The van der Waals surface area contributed by atoms with Gasteiger partial charge in [-0.25, -0.2) is 9.78 Å². The largest absolute Gasteiger partial charge is 0.339 e. The molecule has 0 spiro atoms. The predicted molar refractivity (Wildman–Crippen MR) is 142 cm³/mol. The summed E-state index contributed by atoms with van der Waals surface area (Å²) in [6.45, 7) is 2.09. The van der Waals surface area contributed by atoms with Gasteiger partial charge in [-0.15, -0.1) is 0 Å². The number of anilines is 6. The summed E-state index contributed by atoms with van der Waals surface area (Å²) >= 11 is 6.35. The molecule has 0 aliphatic carbocycles. The van der Waals surface area contributed by atoms with Crippen LogP contribution >= 0.6 is 11.6 Å². The number of benzene rings is 3. The average Bonchev–Trinajstić information content (AvgIpc) is 2.86. The summed E-state index contributed by atoms with van der Waals surface area (Å²) in [4.78, 5) is 21.6. The van der Waals surface area contributed by atoms with Crippen molar-refractivity contribution >= 4 is 52.1 Å². The lowest BCUT2D eigenvalue weighted by molar-refractivity contribution is 0.262. The zero-order valence-corrected chi connectivity index (χ0v) is 20.0. The van der Waals surface area contributed by atoms with Gasteiger partial charge in [0, 0.05) is 22.7 Å². The van der Waals surface area contributed by atoms with Crippen LogP contribution in [0.25, 0.3) is 0 Å². The fourth-order valence-corrected chi connectivity index (χ4v) is 4.16. The van der Waals surface area contributed by atoms with Crippen molar-refractivity contribution in [2.45, 2.75) is 26.2 Å². The summed E-state index contributed by atoms with van der Waals surface area (Å²) in [6.07, 6.45) is 4.01. The molecule has 7 nitrogen and oxygen atoms in total. The molecule has 4 aromatic rings. The number of nitrogens with one attached hydrogen (secondary N) is 4. The van der Waals surface area contributed by atoms with Crippen molar-refractivity contribution in [1.82, 2.24) is 9.97 Å². The Bertz CT molecular complexity index is 1390. The van der Waals surface area contributed by atoms with Gasteiger partial charge in [-0.2, -0.15) is 4.98 Å². The second kappa shape index (κ2) is 10.0. The van der Waals surface area contributed by atoms with Crippen molar-refractivity contribution in [2.75, 3.05) is 21.3 Å². The van der Waals surface area contributed by atoms with E-state index in [2.05, 4.69) is 50.3 Å². The number of fused-ring (bicyclic) bond motifs is 6. The summed E-state index contributed by atoms with van der Waals surface area (Å²) in [5.41, 5.74) is 6.55. The average molecular weight is 485 g/mol. The fourth-order valence-electron chi connectivity index (χ4n) is 4.02. The maximum Gasteiger partial charge on any atom is 0.323 e. The molecular weight excluding hydrogens is 460 g/mol. The highest BCUT2D eigenvalue weighted by atomic mass is 35.5. The number of carbonyl (C=O) groups is 1. The van der Waals surface area contributed by atoms with Gasteiger partial charge in [-0.1, -0.05) is 42.8 Å². The minimum absolute atomic E-state index is 0.284. The van der Waals surface area contributed by atoms with Crippen LogP contribution in [-0.4, -0.2) is 16.0 Å². The minimum atomic E-state index is -0.284. The number of nitrogens with zero attached hydrogens (tertiary/aromatic N) is 2. The standard InChI is InChI=1S/C27H25ClN6O/c1-2-17-5-3-8-21(13-17)32-27(35)33-24-12-11-22-15-19(24)10-9-18-6-4-7-20(14-18)31-26-29-16-23(28)25(30-22)34-26/h3-8,11-16H,2,9-10H2,1H3,(H2,32,33,35)(H2,29,30,31,34). The number of aryl methyl sites for hydroxylation is 3. The molecule has 0 saturated heterocycles. The molecule has 0 atom stereocenters. The van der Waals surface area contributed by atoms with Crippen LogP contribution in [-0.2, 0) is 19.3 Å². The van der Waals surface area contributed by atoms with Crippen LogP contribution in [0, 0.1) is 0 Å². The van der Waals surface area contributed by atoms with Gasteiger partial charge in [0.25, 0.3) is 0 Å². The molecule has 6 bridgehead atoms. The second-order valence-corrected chi connectivity index (χ2v) is 8.75. The Morgan fingerprint density at radius 1 is 0.971 bits per heavy atom. The highest BCUT2D eigenvalue weighted by Crippen LogP contribution is 2.29. The summed E-state index contributed by atoms with van der Waals surface area (Å²) in [7, 11) is 0. The second-order valence-electron chi connectivity index (χ2n) is 8.35. The highest BCUT2D eigenvalue weighted by Gasteiger charge is 2.13. The van der Waals surface area contributed by atoms with E-state index in [1.54, 1.807) is 6.20 Å². The van der Waals surface area contributed by atoms with Crippen molar-refractivity contribution in [3.63, 3.8) is 0 Å². The van der Waals surface area contributed by atoms with Crippen molar-refractivity contribution in [2.24, 2.45) is 0 Å². The first-order chi connectivity index (χ1) is 17.1. The molecule has 5 rings (SSSR count). The van der Waals surface area contributed by atoms with Crippen LogP contribution in [0.1, 0.15) is 23.6 Å². The Balaban J connectivity index is 1.44. The minimum Gasteiger partial charge on any atom is -0.339 e. The molecule has 176 valence electrons. The van der Waals surface area contributed by atoms with E-state index in [-0.39, 0.29) is 6.03 Å². The molecule has 1 aliphatic rings. The molecule has 0 saturated carbocycles. The van der Waals surface area contributed by atoms with Gasteiger partial charge in [0.05, 0.1) is 6.20 Å². The predicted octanol–water partition coefficient (Wildman–Crippen LogP) is 6.92. The Labute approximate surface area is 209 Å². The maximum atomic E-state index is 12.8. The Morgan fingerprint density at radius 2 is 1.83 bits per heavy atom. The quantitative estimate of drug-likeness (QED) is 0.253. The van der Waals surface area contributed by atoms with E-state index in [9.17, 15) is 4.79 Å². The molecular formula is C27H25ClN6O. The normalized spacial score (nSPS) is 12.2. The van der Waals surface area contributed by atoms with Crippen LogP contribution in [0.2, 0.25) is 5.02 Å². The van der Waals surface area contributed by atoms with E-state index in [0.29, 0.717) is 16.8 Å². The molecule has 0 fully saturated rings.